The highest BCUT2D eigenvalue weighted by Crippen LogP contribution is 2.29. The molecular weight excluding hydrogens is 390 g/mol. The number of carbonyl (C=O) groups is 1. The van der Waals surface area contributed by atoms with Crippen molar-refractivity contribution in [2.24, 2.45) is 5.92 Å². The van der Waals surface area contributed by atoms with Gasteiger partial charge in [-0.3, -0.25) is 0 Å². The molecule has 7 nitrogen and oxygen atoms in total. The number of fused-ring (bicyclic) bond motifs is 1. The van der Waals surface area contributed by atoms with E-state index in [9.17, 15) is 13.2 Å². The Morgan fingerprint density at radius 1 is 1.33 bits per heavy atom. The fraction of sp³-hybridized carbons (Fsp3) is 0.444. The summed E-state index contributed by atoms with van der Waals surface area (Å²) in [4.78, 5) is 16.2. The van der Waals surface area contributed by atoms with Gasteiger partial charge < -0.3 is 10.1 Å². The number of benzene rings is 1. The van der Waals surface area contributed by atoms with Crippen molar-refractivity contribution >= 4 is 39.2 Å². The van der Waals surface area contributed by atoms with Crippen molar-refractivity contribution in [3.8, 4) is 0 Å². The van der Waals surface area contributed by atoms with Crippen LogP contribution in [-0.2, 0) is 14.8 Å². The van der Waals surface area contributed by atoms with Crippen LogP contribution in [0.15, 0.2) is 35.4 Å². The lowest BCUT2D eigenvalue weighted by molar-refractivity contribution is 0.0596. The lowest BCUT2D eigenvalue weighted by Gasteiger charge is -2.32. The number of aromatic nitrogens is 1. The summed E-state index contributed by atoms with van der Waals surface area (Å²) in [5, 5.41) is 4.09. The highest BCUT2D eigenvalue weighted by Gasteiger charge is 2.31. The first kappa shape index (κ1) is 21.6. The molecule has 1 fully saturated rings. The molecule has 1 unspecified atom stereocenters. The summed E-state index contributed by atoms with van der Waals surface area (Å²) in [6, 6.07) is 6.54. The predicted molar refractivity (Wildman–Crippen MR) is 106 cm³/mol. The van der Waals surface area contributed by atoms with Gasteiger partial charge in [0.15, 0.2) is 5.69 Å². The molecule has 27 heavy (non-hydrogen) atoms. The van der Waals surface area contributed by atoms with Crippen LogP contribution >= 0.6 is 12.4 Å². The zero-order valence-corrected chi connectivity index (χ0v) is 17.0. The lowest BCUT2D eigenvalue weighted by atomic mass is 10.00. The Balaban J connectivity index is 0.00000261. The molecule has 9 heteroatoms. The summed E-state index contributed by atoms with van der Waals surface area (Å²) in [5.74, 6) is -0.289. The Bertz CT molecular complexity index is 918. The molecule has 1 aromatic heterocycles. The Labute approximate surface area is 165 Å². The number of nitrogens with one attached hydrogen (secondary N) is 1. The van der Waals surface area contributed by atoms with E-state index >= 15 is 0 Å². The molecule has 1 aliphatic heterocycles. The van der Waals surface area contributed by atoms with E-state index in [4.69, 9.17) is 4.74 Å². The standard InChI is InChI=1S/C18H23N3O4S.ClH/c1-19-11-13-5-4-10-21(12-13)26(23,24)16-7-3-6-15-14(16)8-9-20-17(15)18(22)25-2;/h3,6-9,13,19H,4-5,10-12H2,1-2H3;1H. The molecule has 1 N–H and O–H groups in total. The van der Waals surface area contributed by atoms with Crippen molar-refractivity contribution < 1.29 is 17.9 Å². The number of pyridine rings is 1. The molecule has 3 rings (SSSR count). The molecule has 1 aliphatic rings. The number of halogens is 1. The lowest BCUT2D eigenvalue weighted by Crippen LogP contribution is -2.42. The molecule has 1 atom stereocenters. The predicted octanol–water partition coefficient (Wildman–Crippen LogP) is 2.06. The number of hydrogen-bond donors (Lipinski definition) is 1. The first-order valence-electron chi connectivity index (χ1n) is 8.60. The number of piperidine rings is 1. The molecule has 0 aliphatic carbocycles. The average Bonchev–Trinajstić information content (AvgIpc) is 2.67. The molecule has 0 amide bonds. The van der Waals surface area contributed by atoms with E-state index in [0.717, 1.165) is 19.4 Å². The smallest absolute Gasteiger partial charge is 0.357 e. The normalized spacial score (nSPS) is 18.1. The molecule has 0 spiro atoms. The van der Waals surface area contributed by atoms with Gasteiger partial charge in [0.2, 0.25) is 10.0 Å². The maximum atomic E-state index is 13.3. The Morgan fingerprint density at radius 2 is 2.11 bits per heavy atom. The molecule has 1 saturated heterocycles. The fourth-order valence-electron chi connectivity index (χ4n) is 3.50. The summed E-state index contributed by atoms with van der Waals surface area (Å²) in [6.07, 6.45) is 3.29. The SMILES string of the molecule is CNCC1CCCN(S(=O)(=O)c2cccc3c(C(=O)OC)nccc23)C1.Cl. The van der Waals surface area contributed by atoms with Gasteiger partial charge in [-0.1, -0.05) is 12.1 Å². The largest absolute Gasteiger partial charge is 0.464 e. The van der Waals surface area contributed by atoms with E-state index in [2.05, 4.69) is 10.3 Å². The van der Waals surface area contributed by atoms with E-state index in [0.29, 0.717) is 29.8 Å². The summed E-state index contributed by atoms with van der Waals surface area (Å²) >= 11 is 0. The zero-order valence-electron chi connectivity index (χ0n) is 15.3. The highest BCUT2D eigenvalue weighted by atomic mass is 35.5. The van der Waals surface area contributed by atoms with Crippen LogP contribution < -0.4 is 5.32 Å². The maximum absolute atomic E-state index is 13.3. The van der Waals surface area contributed by atoms with Crippen LogP contribution in [0.1, 0.15) is 23.3 Å². The van der Waals surface area contributed by atoms with Crippen molar-refractivity contribution in [2.75, 3.05) is 33.8 Å². The molecular formula is C18H24ClN3O4S. The molecule has 2 heterocycles. The van der Waals surface area contributed by atoms with Crippen LogP contribution in [-0.4, -0.2) is 57.5 Å². The second-order valence-electron chi connectivity index (χ2n) is 6.43. The third-order valence-electron chi connectivity index (χ3n) is 4.74. The minimum atomic E-state index is -3.66. The number of hydrogen-bond acceptors (Lipinski definition) is 6. The van der Waals surface area contributed by atoms with Gasteiger partial charge in [-0.25, -0.2) is 18.2 Å². The van der Waals surface area contributed by atoms with E-state index < -0.39 is 16.0 Å². The summed E-state index contributed by atoms with van der Waals surface area (Å²) in [5.41, 5.74) is 0.119. The minimum absolute atomic E-state index is 0. The van der Waals surface area contributed by atoms with E-state index in [1.54, 1.807) is 28.6 Å². The van der Waals surface area contributed by atoms with Crippen molar-refractivity contribution in [1.29, 1.82) is 0 Å². The van der Waals surface area contributed by atoms with Gasteiger partial charge in [-0.2, -0.15) is 4.31 Å². The van der Waals surface area contributed by atoms with Crippen LogP contribution in [0.4, 0.5) is 0 Å². The Kier molecular flexibility index (Phi) is 7.16. The molecule has 0 saturated carbocycles. The maximum Gasteiger partial charge on any atom is 0.357 e. The van der Waals surface area contributed by atoms with Gasteiger partial charge >= 0.3 is 5.97 Å². The number of methoxy groups -OCH3 is 1. The molecule has 148 valence electrons. The molecule has 0 bridgehead atoms. The van der Waals surface area contributed by atoms with Crippen LogP contribution in [0.5, 0.6) is 0 Å². The van der Waals surface area contributed by atoms with Crippen LogP contribution in [0.25, 0.3) is 10.8 Å². The van der Waals surface area contributed by atoms with Crippen LogP contribution in [0.3, 0.4) is 0 Å². The summed E-state index contributed by atoms with van der Waals surface area (Å²) < 4.78 is 32.8. The van der Waals surface area contributed by atoms with Gasteiger partial charge in [0.05, 0.1) is 12.0 Å². The summed E-state index contributed by atoms with van der Waals surface area (Å²) in [6.45, 7) is 1.79. The molecule has 2 aromatic rings. The highest BCUT2D eigenvalue weighted by molar-refractivity contribution is 7.89. The first-order valence-corrected chi connectivity index (χ1v) is 10.0. The number of esters is 1. The van der Waals surface area contributed by atoms with Gasteiger partial charge in [-0.15, -0.1) is 12.4 Å². The van der Waals surface area contributed by atoms with Gasteiger partial charge in [0.25, 0.3) is 0 Å². The van der Waals surface area contributed by atoms with Crippen LogP contribution in [0.2, 0.25) is 0 Å². The molecule has 1 aromatic carbocycles. The molecule has 0 radical (unpaired) electrons. The zero-order chi connectivity index (χ0) is 18.7. The quantitative estimate of drug-likeness (QED) is 0.755. The summed E-state index contributed by atoms with van der Waals surface area (Å²) in [7, 11) is -0.512. The number of rotatable bonds is 5. The van der Waals surface area contributed by atoms with Crippen molar-refractivity contribution in [2.45, 2.75) is 17.7 Å². The van der Waals surface area contributed by atoms with Crippen LogP contribution in [0, 0.1) is 5.92 Å². The second-order valence-corrected chi connectivity index (χ2v) is 8.34. The van der Waals surface area contributed by atoms with Gasteiger partial charge in [-0.05, 0) is 44.5 Å². The van der Waals surface area contributed by atoms with E-state index in [-0.39, 0.29) is 23.0 Å². The topological polar surface area (TPSA) is 88.6 Å². The Morgan fingerprint density at radius 3 is 2.81 bits per heavy atom. The minimum Gasteiger partial charge on any atom is -0.464 e. The van der Waals surface area contributed by atoms with Crippen molar-refractivity contribution in [1.82, 2.24) is 14.6 Å². The average molecular weight is 414 g/mol. The number of nitrogens with zero attached hydrogens (tertiary/aromatic N) is 2. The monoisotopic (exact) mass is 413 g/mol. The third kappa shape index (κ3) is 4.24. The van der Waals surface area contributed by atoms with E-state index in [1.165, 1.54) is 13.3 Å². The third-order valence-corrected chi connectivity index (χ3v) is 6.66. The van der Waals surface area contributed by atoms with Crippen molar-refractivity contribution in [3.63, 3.8) is 0 Å². The first-order chi connectivity index (χ1) is 12.5. The number of carbonyl (C=O) groups excluding carboxylic acids is 1. The van der Waals surface area contributed by atoms with Gasteiger partial charge in [0.1, 0.15) is 0 Å². The fourth-order valence-corrected chi connectivity index (χ4v) is 5.26. The Hall–Kier alpha value is -1.74. The number of ether oxygens (including phenoxy) is 1. The van der Waals surface area contributed by atoms with E-state index in [1.807, 2.05) is 7.05 Å². The second kappa shape index (κ2) is 8.97. The van der Waals surface area contributed by atoms with Crippen molar-refractivity contribution in [3.05, 3.63) is 36.2 Å². The van der Waals surface area contributed by atoms with Gasteiger partial charge in [0, 0.05) is 30.1 Å². The number of sulfonamides is 1.